The second-order valence-electron chi connectivity index (χ2n) is 6.48. The molecule has 0 saturated carbocycles. The summed E-state index contributed by atoms with van der Waals surface area (Å²) in [7, 11) is 4.39. The normalized spacial score (nSPS) is 25.1. The highest BCUT2D eigenvalue weighted by Gasteiger charge is 2.22. The molecule has 1 unspecified atom stereocenters. The summed E-state index contributed by atoms with van der Waals surface area (Å²) in [6.45, 7) is 7.91. The first-order valence-corrected chi connectivity index (χ1v) is 8.05. The number of hydrogen-bond acceptors (Lipinski definition) is 4. The zero-order valence-corrected chi connectivity index (χ0v) is 13.3. The van der Waals surface area contributed by atoms with Crippen molar-refractivity contribution in [3.8, 4) is 5.75 Å². The summed E-state index contributed by atoms with van der Waals surface area (Å²) in [6, 6.07) is 8.45. The van der Waals surface area contributed by atoms with Crippen molar-refractivity contribution in [1.29, 1.82) is 0 Å². The van der Waals surface area contributed by atoms with Crippen molar-refractivity contribution in [2.45, 2.75) is 19.1 Å². The van der Waals surface area contributed by atoms with Crippen molar-refractivity contribution in [1.82, 2.24) is 14.7 Å². The first kappa shape index (κ1) is 14.8. The lowest BCUT2D eigenvalue weighted by molar-refractivity contribution is 0.110. The molecule has 0 aromatic heterocycles. The van der Waals surface area contributed by atoms with E-state index in [0.29, 0.717) is 6.10 Å². The van der Waals surface area contributed by atoms with Gasteiger partial charge < -0.3 is 14.5 Å². The molecule has 1 aromatic carbocycles. The average molecular weight is 289 g/mol. The molecule has 0 radical (unpaired) electrons. The van der Waals surface area contributed by atoms with Gasteiger partial charge in [0.2, 0.25) is 0 Å². The van der Waals surface area contributed by atoms with Gasteiger partial charge in [-0.3, -0.25) is 4.90 Å². The van der Waals surface area contributed by atoms with Gasteiger partial charge >= 0.3 is 0 Å². The highest BCUT2D eigenvalue weighted by Crippen LogP contribution is 2.25. The lowest BCUT2D eigenvalue weighted by atomic mass is 10.2. The molecule has 4 nitrogen and oxygen atoms in total. The van der Waals surface area contributed by atoms with Crippen LogP contribution in [-0.2, 0) is 6.54 Å². The van der Waals surface area contributed by atoms with Crippen molar-refractivity contribution in [3.05, 3.63) is 29.8 Å². The maximum absolute atomic E-state index is 6.26. The van der Waals surface area contributed by atoms with E-state index in [0.717, 1.165) is 31.8 Å². The molecule has 2 heterocycles. The largest absolute Gasteiger partial charge is 0.489 e. The number of likely N-dealkylation sites (N-methyl/N-ethyl adjacent to an activating group) is 2. The van der Waals surface area contributed by atoms with Crippen LogP contribution in [0, 0.1) is 0 Å². The fourth-order valence-corrected chi connectivity index (χ4v) is 3.22. The van der Waals surface area contributed by atoms with Crippen molar-refractivity contribution < 1.29 is 4.74 Å². The highest BCUT2D eigenvalue weighted by molar-refractivity contribution is 5.34. The Balaban J connectivity index is 1.56. The second-order valence-corrected chi connectivity index (χ2v) is 6.48. The minimum Gasteiger partial charge on any atom is -0.489 e. The molecule has 3 rings (SSSR count). The maximum atomic E-state index is 6.26. The Bertz CT molecular complexity index is 457. The number of ether oxygens (including phenoxy) is 1. The smallest absolute Gasteiger partial charge is 0.124 e. The number of hydrogen-bond donors (Lipinski definition) is 0. The Kier molecular flexibility index (Phi) is 4.78. The first-order valence-electron chi connectivity index (χ1n) is 8.05. The van der Waals surface area contributed by atoms with Gasteiger partial charge in [0.25, 0.3) is 0 Å². The summed E-state index contributed by atoms with van der Waals surface area (Å²) in [4.78, 5) is 7.35. The van der Waals surface area contributed by atoms with Crippen LogP contribution in [0.1, 0.15) is 12.0 Å². The van der Waals surface area contributed by atoms with Crippen molar-refractivity contribution in [3.63, 3.8) is 0 Å². The first-order chi connectivity index (χ1) is 10.2. The molecule has 0 bridgehead atoms. The van der Waals surface area contributed by atoms with Gasteiger partial charge in [0.05, 0.1) is 0 Å². The molecule has 0 aliphatic carbocycles. The zero-order chi connectivity index (χ0) is 14.7. The van der Waals surface area contributed by atoms with Crippen LogP contribution in [0.4, 0.5) is 0 Å². The fraction of sp³-hybridized carbons (Fsp3) is 0.647. The molecule has 1 fully saturated rings. The molecule has 2 aliphatic heterocycles. The van der Waals surface area contributed by atoms with Crippen molar-refractivity contribution in [2.24, 2.45) is 0 Å². The zero-order valence-electron chi connectivity index (χ0n) is 13.3. The third-order valence-electron chi connectivity index (χ3n) is 4.59. The van der Waals surface area contributed by atoms with Crippen LogP contribution in [0.3, 0.4) is 0 Å². The fourth-order valence-electron chi connectivity index (χ4n) is 3.22. The van der Waals surface area contributed by atoms with E-state index < -0.39 is 0 Å². The average Bonchev–Trinajstić information content (AvgIpc) is 2.64. The summed E-state index contributed by atoms with van der Waals surface area (Å²) in [5.74, 6) is 1.07. The number of nitrogens with zero attached hydrogens (tertiary/aromatic N) is 3. The van der Waals surface area contributed by atoms with Crippen LogP contribution in [0.2, 0.25) is 0 Å². The third-order valence-corrected chi connectivity index (χ3v) is 4.59. The van der Waals surface area contributed by atoms with Crippen LogP contribution in [-0.4, -0.2) is 74.2 Å². The van der Waals surface area contributed by atoms with Crippen LogP contribution in [0.25, 0.3) is 0 Å². The summed E-state index contributed by atoms with van der Waals surface area (Å²) >= 11 is 0. The Labute approximate surface area is 128 Å². The minimum atomic E-state index is 0.304. The maximum Gasteiger partial charge on any atom is 0.124 e. The SMILES string of the molecule is CN1CCN(CCC2CN(C)Cc3ccccc3O2)CC1. The molecule has 0 N–H and O–H groups in total. The van der Waals surface area contributed by atoms with Crippen molar-refractivity contribution in [2.75, 3.05) is 53.4 Å². The monoisotopic (exact) mass is 289 g/mol. The predicted molar refractivity (Wildman–Crippen MR) is 85.7 cm³/mol. The molecule has 2 aliphatic rings. The van der Waals surface area contributed by atoms with Crippen LogP contribution < -0.4 is 4.74 Å². The van der Waals surface area contributed by atoms with Gasteiger partial charge in [0.1, 0.15) is 11.9 Å². The second kappa shape index (κ2) is 6.77. The van der Waals surface area contributed by atoms with E-state index in [1.54, 1.807) is 0 Å². The molecule has 0 amide bonds. The quantitative estimate of drug-likeness (QED) is 0.840. The molecule has 1 atom stereocenters. The van der Waals surface area contributed by atoms with E-state index in [1.807, 2.05) is 0 Å². The van der Waals surface area contributed by atoms with E-state index >= 15 is 0 Å². The minimum absolute atomic E-state index is 0.304. The standard InChI is InChI=1S/C17H27N3O/c1-18-9-11-20(12-10-18)8-7-16-14-19(2)13-15-5-3-4-6-17(15)21-16/h3-6,16H,7-14H2,1-2H3. The topological polar surface area (TPSA) is 19.0 Å². The molecule has 1 saturated heterocycles. The van der Waals surface area contributed by atoms with Gasteiger partial charge in [-0.05, 0) is 26.6 Å². The lowest BCUT2D eigenvalue weighted by Gasteiger charge is -2.33. The summed E-state index contributed by atoms with van der Waals surface area (Å²) in [6.07, 6.45) is 1.42. The predicted octanol–water partition coefficient (Wildman–Crippen LogP) is 1.52. The number of rotatable bonds is 3. The molecule has 21 heavy (non-hydrogen) atoms. The Morgan fingerprint density at radius 3 is 2.62 bits per heavy atom. The summed E-state index contributed by atoms with van der Waals surface area (Å²) in [5, 5.41) is 0. The Morgan fingerprint density at radius 1 is 1.05 bits per heavy atom. The number of para-hydroxylation sites is 1. The van der Waals surface area contributed by atoms with E-state index in [9.17, 15) is 0 Å². The van der Waals surface area contributed by atoms with Crippen molar-refractivity contribution >= 4 is 0 Å². The van der Waals surface area contributed by atoms with E-state index in [4.69, 9.17) is 4.74 Å². The van der Waals surface area contributed by atoms with Crippen LogP contribution in [0.15, 0.2) is 24.3 Å². The number of benzene rings is 1. The molecule has 4 heteroatoms. The van der Waals surface area contributed by atoms with Gasteiger partial charge in [-0.1, -0.05) is 18.2 Å². The number of piperazine rings is 1. The highest BCUT2D eigenvalue weighted by atomic mass is 16.5. The van der Waals surface area contributed by atoms with E-state index in [2.05, 4.69) is 53.1 Å². The van der Waals surface area contributed by atoms with Crippen LogP contribution >= 0.6 is 0 Å². The molecular formula is C17H27N3O. The Hall–Kier alpha value is -1.10. The third kappa shape index (κ3) is 3.96. The molecule has 0 spiro atoms. The molecular weight excluding hydrogens is 262 g/mol. The summed E-state index contributed by atoms with van der Waals surface area (Å²) < 4.78 is 6.26. The van der Waals surface area contributed by atoms with Gasteiger partial charge in [-0.15, -0.1) is 0 Å². The van der Waals surface area contributed by atoms with Crippen LogP contribution in [0.5, 0.6) is 5.75 Å². The van der Waals surface area contributed by atoms with Gasteiger partial charge in [-0.2, -0.15) is 0 Å². The number of fused-ring (bicyclic) bond motifs is 1. The van der Waals surface area contributed by atoms with Gasteiger partial charge in [0.15, 0.2) is 0 Å². The van der Waals surface area contributed by atoms with E-state index in [-0.39, 0.29) is 0 Å². The molecule has 1 aromatic rings. The Morgan fingerprint density at radius 2 is 1.81 bits per heavy atom. The molecule has 116 valence electrons. The van der Waals surface area contributed by atoms with E-state index in [1.165, 1.54) is 31.7 Å². The van der Waals surface area contributed by atoms with Gasteiger partial charge in [0, 0.05) is 51.4 Å². The summed E-state index contributed by atoms with van der Waals surface area (Å²) in [5.41, 5.74) is 1.31. The van der Waals surface area contributed by atoms with Gasteiger partial charge in [-0.25, -0.2) is 0 Å². The lowest BCUT2D eigenvalue weighted by Crippen LogP contribution is -2.45.